The lowest BCUT2D eigenvalue weighted by molar-refractivity contribution is -0.0952. The topological polar surface area (TPSA) is 56.6 Å². The Hall–Kier alpha value is -2.67. The number of hydrogen-bond donors (Lipinski definition) is 0. The number of nitrogens with zero attached hydrogens (tertiary/aromatic N) is 6. The number of hydroxylamine groups is 2. The van der Waals surface area contributed by atoms with Gasteiger partial charge in [0.2, 0.25) is 0 Å². The van der Waals surface area contributed by atoms with Gasteiger partial charge < -0.3 is 4.90 Å². The maximum Gasteiger partial charge on any atom is 0.177 e. The number of allylic oxidation sites excluding steroid dienone is 1. The van der Waals surface area contributed by atoms with E-state index < -0.39 is 0 Å². The number of hydrogen-bond acceptors (Lipinski definition) is 7. The molecule has 7 heteroatoms. The lowest BCUT2D eigenvalue weighted by Gasteiger charge is -2.37. The Morgan fingerprint density at radius 1 is 1.18 bits per heavy atom. The molecule has 3 aliphatic heterocycles. The van der Waals surface area contributed by atoms with Crippen molar-refractivity contribution in [3.05, 3.63) is 59.6 Å². The van der Waals surface area contributed by atoms with Crippen LogP contribution >= 0.6 is 0 Å². The summed E-state index contributed by atoms with van der Waals surface area (Å²) in [5.74, 6) is 2.66. The highest BCUT2D eigenvalue weighted by atomic mass is 16.7. The van der Waals surface area contributed by atoms with Crippen LogP contribution in [0.4, 0.5) is 5.82 Å². The fourth-order valence-electron chi connectivity index (χ4n) is 2.79. The molecule has 4 heterocycles. The molecule has 0 bridgehead atoms. The minimum absolute atomic E-state index is 0.583. The highest BCUT2D eigenvalue weighted by Crippen LogP contribution is 2.36. The lowest BCUT2D eigenvalue weighted by Crippen LogP contribution is -2.40. The van der Waals surface area contributed by atoms with E-state index in [1.807, 2.05) is 24.4 Å². The minimum atomic E-state index is 0.583. The quantitative estimate of drug-likeness (QED) is 0.839. The summed E-state index contributed by atoms with van der Waals surface area (Å²) in [4.78, 5) is 14.0. The van der Waals surface area contributed by atoms with Crippen LogP contribution in [0.1, 0.15) is 6.92 Å². The zero-order valence-corrected chi connectivity index (χ0v) is 12.5. The van der Waals surface area contributed by atoms with Crippen LogP contribution in [0, 0.1) is 0 Å². The zero-order valence-electron chi connectivity index (χ0n) is 12.5. The van der Waals surface area contributed by atoms with Crippen molar-refractivity contribution in [1.82, 2.24) is 14.9 Å². The van der Waals surface area contributed by atoms with E-state index in [1.165, 1.54) is 5.57 Å². The van der Waals surface area contributed by atoms with Crippen molar-refractivity contribution in [3.8, 4) is 0 Å². The second-order valence-corrected chi connectivity index (χ2v) is 5.33. The molecule has 0 aromatic carbocycles. The number of rotatable bonds is 2. The van der Waals surface area contributed by atoms with Crippen LogP contribution in [0.25, 0.3) is 0 Å². The first-order valence-electron chi connectivity index (χ1n) is 7.08. The van der Waals surface area contributed by atoms with Gasteiger partial charge in [0.1, 0.15) is 24.0 Å². The average molecular weight is 296 g/mol. The third-order valence-corrected chi connectivity index (χ3v) is 3.77. The molecule has 0 N–H and O–H groups in total. The van der Waals surface area contributed by atoms with E-state index in [4.69, 9.17) is 4.84 Å². The molecule has 0 unspecified atom stereocenters. The molecule has 0 aliphatic carbocycles. The summed E-state index contributed by atoms with van der Waals surface area (Å²) in [5, 5.41) is 10.4. The maximum absolute atomic E-state index is 5.29. The normalized spacial score (nSPS) is 20.0. The summed E-state index contributed by atoms with van der Waals surface area (Å²) >= 11 is 0. The molecule has 1 aromatic rings. The summed E-state index contributed by atoms with van der Waals surface area (Å²) in [5.41, 5.74) is 2.07. The molecular formula is C15H16N6O. The zero-order chi connectivity index (χ0) is 15.1. The second kappa shape index (κ2) is 4.96. The monoisotopic (exact) mass is 296 g/mol. The molecule has 0 saturated heterocycles. The third kappa shape index (κ3) is 1.98. The van der Waals surface area contributed by atoms with Crippen LogP contribution in [0.15, 0.2) is 69.8 Å². The van der Waals surface area contributed by atoms with E-state index in [9.17, 15) is 0 Å². The number of aromatic nitrogens is 1. The number of azo groups is 1. The van der Waals surface area contributed by atoms with Gasteiger partial charge in [-0.1, -0.05) is 11.6 Å². The fourth-order valence-corrected chi connectivity index (χ4v) is 2.79. The van der Waals surface area contributed by atoms with E-state index >= 15 is 0 Å². The Labute approximate surface area is 128 Å². The Balaban J connectivity index is 1.80. The Bertz CT molecular complexity index is 721. The van der Waals surface area contributed by atoms with Crippen molar-refractivity contribution >= 4 is 5.82 Å². The molecule has 0 spiro atoms. The standard InChI is InChI=1S/C15H16N6O/c1-11-7-12-15(20(8-11)13-5-3-4-6-16-13)21-10-19(22-2)9-14(21)18-17-12/h3-7,9H,8,10H2,1-2H3. The van der Waals surface area contributed by atoms with Crippen LogP contribution < -0.4 is 4.90 Å². The third-order valence-electron chi connectivity index (χ3n) is 3.77. The number of anilines is 1. The Morgan fingerprint density at radius 2 is 2.09 bits per heavy atom. The van der Waals surface area contributed by atoms with Gasteiger partial charge in [-0.2, -0.15) is 0 Å². The molecule has 0 atom stereocenters. The van der Waals surface area contributed by atoms with Gasteiger partial charge in [-0.05, 0) is 25.1 Å². The Kier molecular flexibility index (Phi) is 2.93. The molecular weight excluding hydrogens is 280 g/mol. The van der Waals surface area contributed by atoms with Crippen molar-refractivity contribution in [1.29, 1.82) is 0 Å². The van der Waals surface area contributed by atoms with Crippen LogP contribution in [-0.4, -0.2) is 35.3 Å². The van der Waals surface area contributed by atoms with E-state index in [0.29, 0.717) is 6.67 Å². The molecule has 4 rings (SSSR count). The van der Waals surface area contributed by atoms with Gasteiger partial charge in [0.25, 0.3) is 0 Å². The molecule has 3 aliphatic rings. The molecule has 1 aromatic heterocycles. The van der Waals surface area contributed by atoms with Gasteiger partial charge in [-0.25, -0.2) is 10.0 Å². The molecule has 0 amide bonds. The first-order chi connectivity index (χ1) is 10.8. The SMILES string of the molecule is CON1C=C2N=NC3=C(N2C1)N(c1ccccn1)CC(C)=C3. The maximum atomic E-state index is 5.29. The molecule has 22 heavy (non-hydrogen) atoms. The minimum Gasteiger partial charge on any atom is -0.306 e. The molecule has 0 radical (unpaired) electrons. The highest BCUT2D eigenvalue weighted by Gasteiger charge is 2.35. The summed E-state index contributed by atoms with van der Waals surface area (Å²) in [6, 6.07) is 5.91. The first kappa shape index (κ1) is 13.0. The van der Waals surface area contributed by atoms with Gasteiger partial charge in [0.05, 0.1) is 13.3 Å². The second-order valence-electron chi connectivity index (χ2n) is 5.33. The summed E-state index contributed by atoms with van der Waals surface area (Å²) < 4.78 is 0. The first-order valence-corrected chi connectivity index (χ1v) is 7.08. The van der Waals surface area contributed by atoms with Gasteiger partial charge in [0.15, 0.2) is 5.82 Å². The predicted octanol–water partition coefficient (Wildman–Crippen LogP) is 2.42. The van der Waals surface area contributed by atoms with Gasteiger partial charge in [-0.15, -0.1) is 10.2 Å². The largest absolute Gasteiger partial charge is 0.306 e. The van der Waals surface area contributed by atoms with E-state index in [1.54, 1.807) is 18.4 Å². The van der Waals surface area contributed by atoms with Gasteiger partial charge in [0, 0.05) is 12.7 Å². The van der Waals surface area contributed by atoms with Crippen LogP contribution in [0.2, 0.25) is 0 Å². The molecule has 0 fully saturated rings. The van der Waals surface area contributed by atoms with Crippen LogP contribution in [0.3, 0.4) is 0 Å². The molecule has 0 saturated carbocycles. The van der Waals surface area contributed by atoms with Crippen molar-refractivity contribution in [2.75, 3.05) is 25.2 Å². The predicted molar refractivity (Wildman–Crippen MR) is 80.9 cm³/mol. The summed E-state index contributed by atoms with van der Waals surface area (Å²) in [6.45, 7) is 3.45. The van der Waals surface area contributed by atoms with Crippen molar-refractivity contribution in [2.24, 2.45) is 10.2 Å². The summed E-state index contributed by atoms with van der Waals surface area (Å²) in [7, 11) is 1.64. The van der Waals surface area contributed by atoms with Crippen LogP contribution in [-0.2, 0) is 4.84 Å². The Morgan fingerprint density at radius 3 is 2.86 bits per heavy atom. The lowest BCUT2D eigenvalue weighted by atomic mass is 10.1. The van der Waals surface area contributed by atoms with E-state index in [-0.39, 0.29) is 0 Å². The number of pyridine rings is 1. The van der Waals surface area contributed by atoms with Crippen molar-refractivity contribution in [2.45, 2.75) is 6.92 Å². The molecule has 112 valence electrons. The number of fused-ring (bicyclic) bond motifs is 2. The summed E-state index contributed by atoms with van der Waals surface area (Å²) in [6.07, 6.45) is 5.72. The smallest absolute Gasteiger partial charge is 0.177 e. The van der Waals surface area contributed by atoms with Crippen molar-refractivity contribution in [3.63, 3.8) is 0 Å². The van der Waals surface area contributed by atoms with E-state index in [0.717, 1.165) is 29.7 Å². The van der Waals surface area contributed by atoms with Crippen LogP contribution in [0.5, 0.6) is 0 Å². The highest BCUT2D eigenvalue weighted by molar-refractivity contribution is 5.54. The average Bonchev–Trinajstić information content (AvgIpc) is 2.98. The van der Waals surface area contributed by atoms with E-state index in [2.05, 4.69) is 38.0 Å². The fraction of sp³-hybridized carbons (Fsp3) is 0.267. The van der Waals surface area contributed by atoms with Crippen molar-refractivity contribution < 1.29 is 4.84 Å². The van der Waals surface area contributed by atoms with Gasteiger partial charge in [-0.3, -0.25) is 9.74 Å². The van der Waals surface area contributed by atoms with Gasteiger partial charge >= 0.3 is 0 Å². The molecule has 7 nitrogen and oxygen atoms in total.